The molecule has 0 aromatic heterocycles. The molecule has 1 saturated heterocycles. The van der Waals surface area contributed by atoms with E-state index in [0.29, 0.717) is 16.4 Å². The molecule has 3 rings (SSSR count). The van der Waals surface area contributed by atoms with E-state index in [1.165, 1.54) is 77.3 Å². The second kappa shape index (κ2) is 5.28. The topological polar surface area (TPSA) is 29.3 Å². The van der Waals surface area contributed by atoms with Crippen LogP contribution in [0.5, 0.6) is 0 Å². The Balaban J connectivity index is 1.70. The molecular weight excluding hydrogens is 244 g/mol. The van der Waals surface area contributed by atoms with Crippen LogP contribution in [0.2, 0.25) is 0 Å². The summed E-state index contributed by atoms with van der Waals surface area (Å²) in [5.74, 6) is 0. The molecule has 0 amide bonds. The summed E-state index contributed by atoms with van der Waals surface area (Å²) in [4.78, 5) is 2.81. The quantitative estimate of drug-likeness (QED) is 0.829. The van der Waals surface area contributed by atoms with Gasteiger partial charge in [-0.3, -0.25) is 4.90 Å². The zero-order valence-electron chi connectivity index (χ0n) is 13.7. The van der Waals surface area contributed by atoms with E-state index in [2.05, 4.69) is 18.7 Å². The van der Waals surface area contributed by atoms with Gasteiger partial charge in [-0.25, -0.2) is 0 Å². The highest BCUT2D eigenvalue weighted by Crippen LogP contribution is 2.52. The van der Waals surface area contributed by atoms with Crippen LogP contribution in [0.4, 0.5) is 0 Å². The van der Waals surface area contributed by atoms with Gasteiger partial charge in [0.05, 0.1) is 0 Å². The Kier molecular flexibility index (Phi) is 3.92. The molecule has 1 unspecified atom stereocenters. The Labute approximate surface area is 125 Å². The minimum atomic E-state index is 0.295. The molecule has 2 N–H and O–H groups in total. The molecule has 2 aliphatic carbocycles. The standard InChI is InChI=1S/C18H34N2/c1-16(2)7-6-10-18(16,15-19)20-13-11-17(12-14-20)8-4-3-5-9-17/h3-15,19H2,1-2H3. The Morgan fingerprint density at radius 2 is 1.45 bits per heavy atom. The van der Waals surface area contributed by atoms with E-state index in [4.69, 9.17) is 5.73 Å². The van der Waals surface area contributed by atoms with Gasteiger partial charge in [-0.1, -0.05) is 39.5 Å². The maximum atomic E-state index is 6.30. The zero-order chi connectivity index (χ0) is 14.3. The number of piperidine rings is 1. The molecule has 0 radical (unpaired) electrons. The highest BCUT2D eigenvalue weighted by molar-refractivity contribution is 5.08. The number of likely N-dealkylation sites (tertiary alicyclic amines) is 1. The first-order chi connectivity index (χ1) is 9.54. The van der Waals surface area contributed by atoms with Crippen molar-refractivity contribution in [1.29, 1.82) is 0 Å². The number of rotatable bonds is 2. The van der Waals surface area contributed by atoms with Crippen molar-refractivity contribution in [3.05, 3.63) is 0 Å². The van der Waals surface area contributed by atoms with E-state index < -0.39 is 0 Å². The molecule has 0 aromatic rings. The average molecular weight is 278 g/mol. The first-order valence-electron chi connectivity index (χ1n) is 8.99. The molecular formula is C18H34N2. The zero-order valence-corrected chi connectivity index (χ0v) is 13.7. The fraction of sp³-hybridized carbons (Fsp3) is 1.00. The Hall–Kier alpha value is -0.0800. The number of hydrogen-bond donors (Lipinski definition) is 1. The second-order valence-electron chi connectivity index (χ2n) is 8.52. The lowest BCUT2D eigenvalue weighted by Gasteiger charge is -2.54. The summed E-state index contributed by atoms with van der Waals surface area (Å²) >= 11 is 0. The van der Waals surface area contributed by atoms with Crippen LogP contribution in [0, 0.1) is 10.8 Å². The molecule has 1 aliphatic heterocycles. The molecule has 2 nitrogen and oxygen atoms in total. The molecule has 1 atom stereocenters. The molecule has 1 spiro atoms. The van der Waals surface area contributed by atoms with Gasteiger partial charge in [0, 0.05) is 12.1 Å². The molecule has 20 heavy (non-hydrogen) atoms. The monoisotopic (exact) mass is 278 g/mol. The van der Waals surface area contributed by atoms with Crippen molar-refractivity contribution < 1.29 is 0 Å². The second-order valence-corrected chi connectivity index (χ2v) is 8.52. The number of nitrogens with two attached hydrogens (primary N) is 1. The molecule has 0 aromatic carbocycles. The fourth-order valence-electron chi connectivity index (χ4n) is 5.70. The van der Waals surface area contributed by atoms with Gasteiger partial charge in [-0.2, -0.15) is 0 Å². The largest absolute Gasteiger partial charge is 0.329 e. The smallest absolute Gasteiger partial charge is 0.0382 e. The minimum Gasteiger partial charge on any atom is -0.329 e. The molecule has 2 heteroatoms. The third-order valence-electron chi connectivity index (χ3n) is 7.33. The van der Waals surface area contributed by atoms with Gasteiger partial charge >= 0.3 is 0 Å². The summed E-state index contributed by atoms with van der Waals surface area (Å²) in [6, 6.07) is 0. The lowest BCUT2D eigenvalue weighted by molar-refractivity contribution is -0.0391. The fourth-order valence-corrected chi connectivity index (χ4v) is 5.70. The Bertz CT molecular complexity index is 333. The van der Waals surface area contributed by atoms with Crippen molar-refractivity contribution in [3.63, 3.8) is 0 Å². The summed E-state index contributed by atoms with van der Waals surface area (Å²) in [5.41, 5.74) is 7.72. The summed E-state index contributed by atoms with van der Waals surface area (Å²) in [7, 11) is 0. The SMILES string of the molecule is CC1(C)CCCC1(CN)N1CCC2(CCCCC2)CC1. The first kappa shape index (κ1) is 14.8. The van der Waals surface area contributed by atoms with Gasteiger partial charge < -0.3 is 5.73 Å². The van der Waals surface area contributed by atoms with Crippen LogP contribution < -0.4 is 5.73 Å². The maximum Gasteiger partial charge on any atom is 0.0382 e. The van der Waals surface area contributed by atoms with Gasteiger partial charge in [0.2, 0.25) is 0 Å². The average Bonchev–Trinajstić information content (AvgIpc) is 2.76. The van der Waals surface area contributed by atoms with Crippen molar-refractivity contribution in [1.82, 2.24) is 4.90 Å². The van der Waals surface area contributed by atoms with Crippen LogP contribution in [-0.2, 0) is 0 Å². The predicted molar refractivity (Wildman–Crippen MR) is 85.7 cm³/mol. The molecule has 0 bridgehead atoms. The Morgan fingerprint density at radius 3 is 1.95 bits per heavy atom. The van der Waals surface area contributed by atoms with E-state index in [0.717, 1.165) is 6.54 Å². The summed E-state index contributed by atoms with van der Waals surface area (Å²) < 4.78 is 0. The van der Waals surface area contributed by atoms with Crippen molar-refractivity contribution in [3.8, 4) is 0 Å². The highest BCUT2D eigenvalue weighted by atomic mass is 15.2. The van der Waals surface area contributed by atoms with Gasteiger partial charge in [-0.05, 0) is 62.4 Å². The van der Waals surface area contributed by atoms with Crippen molar-refractivity contribution >= 4 is 0 Å². The van der Waals surface area contributed by atoms with Gasteiger partial charge in [0.1, 0.15) is 0 Å². The summed E-state index contributed by atoms with van der Waals surface area (Å²) in [6.45, 7) is 8.38. The van der Waals surface area contributed by atoms with Crippen LogP contribution in [0.15, 0.2) is 0 Å². The molecule has 1 heterocycles. The normalized spacial score (nSPS) is 37.4. The van der Waals surface area contributed by atoms with E-state index in [-0.39, 0.29) is 0 Å². The summed E-state index contributed by atoms with van der Waals surface area (Å²) in [6.07, 6.45) is 14.4. The van der Waals surface area contributed by atoms with E-state index >= 15 is 0 Å². The maximum absolute atomic E-state index is 6.30. The van der Waals surface area contributed by atoms with E-state index in [1.54, 1.807) is 0 Å². The van der Waals surface area contributed by atoms with Crippen molar-refractivity contribution in [2.75, 3.05) is 19.6 Å². The number of nitrogens with zero attached hydrogens (tertiary/aromatic N) is 1. The van der Waals surface area contributed by atoms with Crippen LogP contribution in [0.3, 0.4) is 0 Å². The lowest BCUT2D eigenvalue weighted by atomic mass is 9.66. The van der Waals surface area contributed by atoms with Crippen molar-refractivity contribution in [2.24, 2.45) is 16.6 Å². The molecule has 3 fully saturated rings. The molecule has 3 aliphatic rings. The van der Waals surface area contributed by atoms with Gasteiger partial charge in [0.25, 0.3) is 0 Å². The van der Waals surface area contributed by atoms with E-state index in [9.17, 15) is 0 Å². The lowest BCUT2D eigenvalue weighted by Crippen LogP contribution is -2.62. The third kappa shape index (κ3) is 2.23. The predicted octanol–water partition coefficient (Wildman–Crippen LogP) is 3.94. The first-order valence-corrected chi connectivity index (χ1v) is 8.99. The van der Waals surface area contributed by atoms with Crippen LogP contribution in [0.25, 0.3) is 0 Å². The highest BCUT2D eigenvalue weighted by Gasteiger charge is 2.53. The minimum absolute atomic E-state index is 0.295. The summed E-state index contributed by atoms with van der Waals surface area (Å²) in [5, 5.41) is 0. The number of hydrogen-bond acceptors (Lipinski definition) is 2. The van der Waals surface area contributed by atoms with Crippen LogP contribution in [-0.4, -0.2) is 30.1 Å². The Morgan fingerprint density at radius 1 is 0.800 bits per heavy atom. The van der Waals surface area contributed by atoms with Crippen LogP contribution in [0.1, 0.15) is 78.1 Å². The van der Waals surface area contributed by atoms with Crippen LogP contribution >= 0.6 is 0 Å². The third-order valence-corrected chi connectivity index (χ3v) is 7.33. The van der Waals surface area contributed by atoms with Gasteiger partial charge in [0.15, 0.2) is 0 Å². The molecule has 116 valence electrons. The molecule has 2 saturated carbocycles. The van der Waals surface area contributed by atoms with E-state index in [1.807, 2.05) is 0 Å². The van der Waals surface area contributed by atoms with Crippen molar-refractivity contribution in [2.45, 2.75) is 83.6 Å². The van der Waals surface area contributed by atoms with Gasteiger partial charge in [-0.15, -0.1) is 0 Å².